The molecule has 1 heterocycles. The van der Waals surface area contributed by atoms with Gasteiger partial charge in [0, 0.05) is 28.0 Å². The standard InChI is InChI=1S/C18H19ClN2O/c1-22-15-6-7-18-16(9-15)17(11-21-18)13(10-20)8-12-2-4-14(19)5-3-12/h2-7,9,11,13,21H,8,10,20H2,1H3. The fourth-order valence-corrected chi connectivity index (χ4v) is 2.94. The Labute approximate surface area is 135 Å². The van der Waals surface area contributed by atoms with Gasteiger partial charge in [-0.1, -0.05) is 23.7 Å². The summed E-state index contributed by atoms with van der Waals surface area (Å²) in [6.45, 7) is 0.590. The van der Waals surface area contributed by atoms with Crippen LogP contribution in [0.15, 0.2) is 48.7 Å². The Morgan fingerprint density at radius 2 is 1.95 bits per heavy atom. The van der Waals surface area contributed by atoms with Gasteiger partial charge in [0.1, 0.15) is 5.75 Å². The van der Waals surface area contributed by atoms with E-state index in [1.54, 1.807) is 7.11 Å². The van der Waals surface area contributed by atoms with E-state index < -0.39 is 0 Å². The third-order valence-corrected chi connectivity index (χ3v) is 4.29. The molecule has 0 aliphatic rings. The molecule has 4 heteroatoms. The fourth-order valence-electron chi connectivity index (χ4n) is 2.81. The summed E-state index contributed by atoms with van der Waals surface area (Å²) in [5.41, 5.74) is 9.60. The molecule has 0 aliphatic carbocycles. The zero-order chi connectivity index (χ0) is 15.5. The fraction of sp³-hybridized carbons (Fsp3) is 0.222. The first-order valence-electron chi connectivity index (χ1n) is 7.31. The van der Waals surface area contributed by atoms with Crippen molar-refractivity contribution in [2.24, 2.45) is 5.73 Å². The first kappa shape index (κ1) is 14.9. The molecule has 0 radical (unpaired) electrons. The van der Waals surface area contributed by atoms with Crippen LogP contribution in [0, 0.1) is 0 Å². The summed E-state index contributed by atoms with van der Waals surface area (Å²) in [6.07, 6.45) is 2.94. The molecule has 0 fully saturated rings. The Kier molecular flexibility index (Phi) is 4.36. The van der Waals surface area contributed by atoms with Crippen molar-refractivity contribution in [1.29, 1.82) is 0 Å². The maximum Gasteiger partial charge on any atom is 0.119 e. The Morgan fingerprint density at radius 3 is 2.64 bits per heavy atom. The monoisotopic (exact) mass is 314 g/mol. The van der Waals surface area contributed by atoms with Crippen LogP contribution in [0.25, 0.3) is 10.9 Å². The van der Waals surface area contributed by atoms with Crippen LogP contribution in [-0.4, -0.2) is 18.6 Å². The molecule has 22 heavy (non-hydrogen) atoms. The number of benzene rings is 2. The topological polar surface area (TPSA) is 51.0 Å². The maximum absolute atomic E-state index is 6.03. The number of halogens is 1. The zero-order valence-electron chi connectivity index (χ0n) is 12.5. The van der Waals surface area contributed by atoms with Gasteiger partial charge in [-0.25, -0.2) is 0 Å². The number of fused-ring (bicyclic) bond motifs is 1. The Morgan fingerprint density at radius 1 is 1.18 bits per heavy atom. The average Bonchev–Trinajstić information content (AvgIpc) is 2.97. The third-order valence-electron chi connectivity index (χ3n) is 4.04. The highest BCUT2D eigenvalue weighted by atomic mass is 35.5. The number of hydrogen-bond acceptors (Lipinski definition) is 2. The average molecular weight is 315 g/mol. The van der Waals surface area contributed by atoms with E-state index in [0.717, 1.165) is 22.7 Å². The number of methoxy groups -OCH3 is 1. The second kappa shape index (κ2) is 6.42. The summed E-state index contributed by atoms with van der Waals surface area (Å²) < 4.78 is 5.33. The normalized spacial score (nSPS) is 12.5. The number of ether oxygens (including phenoxy) is 1. The maximum atomic E-state index is 6.03. The molecular weight excluding hydrogens is 296 g/mol. The smallest absolute Gasteiger partial charge is 0.119 e. The predicted molar refractivity (Wildman–Crippen MR) is 91.8 cm³/mol. The van der Waals surface area contributed by atoms with Crippen LogP contribution in [0.2, 0.25) is 5.02 Å². The van der Waals surface area contributed by atoms with E-state index in [9.17, 15) is 0 Å². The number of aromatic amines is 1. The highest BCUT2D eigenvalue weighted by Crippen LogP contribution is 2.30. The number of rotatable bonds is 5. The minimum atomic E-state index is 0.252. The summed E-state index contributed by atoms with van der Waals surface area (Å²) in [6, 6.07) is 14.0. The first-order chi connectivity index (χ1) is 10.7. The van der Waals surface area contributed by atoms with Gasteiger partial charge in [-0.2, -0.15) is 0 Å². The molecule has 0 saturated heterocycles. The van der Waals surface area contributed by atoms with Gasteiger partial charge in [-0.15, -0.1) is 0 Å². The van der Waals surface area contributed by atoms with Gasteiger partial charge in [0.25, 0.3) is 0 Å². The second-order valence-corrected chi connectivity index (χ2v) is 5.86. The molecule has 0 saturated carbocycles. The van der Waals surface area contributed by atoms with Crippen molar-refractivity contribution < 1.29 is 4.74 Å². The van der Waals surface area contributed by atoms with Crippen molar-refractivity contribution in [2.75, 3.05) is 13.7 Å². The third kappa shape index (κ3) is 2.96. The molecule has 114 valence electrons. The van der Waals surface area contributed by atoms with E-state index in [2.05, 4.69) is 29.4 Å². The van der Waals surface area contributed by atoms with Gasteiger partial charge in [0.15, 0.2) is 0 Å². The molecule has 2 aromatic carbocycles. The van der Waals surface area contributed by atoms with E-state index in [1.807, 2.05) is 24.3 Å². The SMILES string of the molecule is COc1ccc2[nH]cc(C(CN)Cc3ccc(Cl)cc3)c2c1. The predicted octanol–water partition coefficient (Wildman–Crippen LogP) is 4.11. The van der Waals surface area contributed by atoms with E-state index in [1.165, 1.54) is 16.5 Å². The van der Waals surface area contributed by atoms with Crippen LogP contribution in [0.5, 0.6) is 5.75 Å². The molecule has 0 spiro atoms. The molecule has 1 unspecified atom stereocenters. The molecule has 3 nitrogen and oxygen atoms in total. The lowest BCUT2D eigenvalue weighted by Gasteiger charge is -2.15. The molecular formula is C18H19ClN2O. The highest BCUT2D eigenvalue weighted by Gasteiger charge is 2.16. The summed E-state index contributed by atoms with van der Waals surface area (Å²) >= 11 is 5.95. The zero-order valence-corrected chi connectivity index (χ0v) is 13.2. The number of hydrogen-bond donors (Lipinski definition) is 2. The van der Waals surface area contributed by atoms with Crippen LogP contribution in [0.1, 0.15) is 17.0 Å². The van der Waals surface area contributed by atoms with Gasteiger partial charge < -0.3 is 15.5 Å². The second-order valence-electron chi connectivity index (χ2n) is 5.42. The highest BCUT2D eigenvalue weighted by molar-refractivity contribution is 6.30. The largest absolute Gasteiger partial charge is 0.497 e. The summed E-state index contributed by atoms with van der Waals surface area (Å²) in [7, 11) is 1.68. The van der Waals surface area contributed by atoms with E-state index in [-0.39, 0.29) is 5.92 Å². The molecule has 3 rings (SSSR count). The molecule has 0 amide bonds. The van der Waals surface area contributed by atoms with E-state index in [0.29, 0.717) is 6.54 Å². The Hall–Kier alpha value is -1.97. The van der Waals surface area contributed by atoms with E-state index >= 15 is 0 Å². The van der Waals surface area contributed by atoms with Crippen molar-refractivity contribution in [3.8, 4) is 5.75 Å². The molecule has 0 bridgehead atoms. The van der Waals surface area contributed by atoms with Crippen molar-refractivity contribution >= 4 is 22.5 Å². The number of nitrogens with two attached hydrogens (primary N) is 1. The number of H-pyrrole nitrogens is 1. The lowest BCUT2D eigenvalue weighted by molar-refractivity contribution is 0.415. The molecule has 0 aliphatic heterocycles. The Bertz CT molecular complexity index is 764. The molecule has 3 N–H and O–H groups in total. The van der Waals surface area contributed by atoms with Crippen LogP contribution < -0.4 is 10.5 Å². The first-order valence-corrected chi connectivity index (χ1v) is 7.68. The molecule has 1 aromatic heterocycles. The summed E-state index contributed by atoms with van der Waals surface area (Å²) in [5, 5.41) is 1.92. The minimum Gasteiger partial charge on any atom is -0.497 e. The lowest BCUT2D eigenvalue weighted by atomic mass is 9.92. The van der Waals surface area contributed by atoms with Gasteiger partial charge in [-0.05, 0) is 54.4 Å². The van der Waals surface area contributed by atoms with Crippen molar-refractivity contribution in [3.05, 3.63) is 64.8 Å². The molecule has 3 aromatic rings. The van der Waals surface area contributed by atoms with Crippen LogP contribution >= 0.6 is 11.6 Å². The quantitative estimate of drug-likeness (QED) is 0.744. The summed E-state index contributed by atoms with van der Waals surface area (Å²) in [5.74, 6) is 1.11. The van der Waals surface area contributed by atoms with Gasteiger partial charge in [-0.3, -0.25) is 0 Å². The van der Waals surface area contributed by atoms with Crippen LogP contribution in [0.4, 0.5) is 0 Å². The van der Waals surface area contributed by atoms with Crippen LogP contribution in [0.3, 0.4) is 0 Å². The summed E-state index contributed by atoms with van der Waals surface area (Å²) in [4.78, 5) is 3.32. The van der Waals surface area contributed by atoms with Gasteiger partial charge >= 0.3 is 0 Å². The van der Waals surface area contributed by atoms with Gasteiger partial charge in [0.05, 0.1) is 7.11 Å². The minimum absolute atomic E-state index is 0.252. The van der Waals surface area contributed by atoms with Crippen LogP contribution in [-0.2, 0) is 6.42 Å². The number of aromatic nitrogens is 1. The van der Waals surface area contributed by atoms with Crippen molar-refractivity contribution in [1.82, 2.24) is 4.98 Å². The molecule has 1 atom stereocenters. The number of nitrogens with one attached hydrogen (secondary N) is 1. The van der Waals surface area contributed by atoms with Crippen molar-refractivity contribution in [2.45, 2.75) is 12.3 Å². The van der Waals surface area contributed by atoms with Crippen molar-refractivity contribution in [3.63, 3.8) is 0 Å². The lowest BCUT2D eigenvalue weighted by Crippen LogP contribution is -2.14. The van der Waals surface area contributed by atoms with E-state index in [4.69, 9.17) is 22.1 Å². The van der Waals surface area contributed by atoms with Gasteiger partial charge in [0.2, 0.25) is 0 Å². The Balaban J connectivity index is 1.94.